The molecule has 1 amide bonds. The van der Waals surface area contributed by atoms with Crippen molar-refractivity contribution < 1.29 is 14.6 Å². The lowest BCUT2D eigenvalue weighted by atomic mass is 9.85. The van der Waals surface area contributed by atoms with Crippen molar-refractivity contribution in [3.8, 4) is 0 Å². The summed E-state index contributed by atoms with van der Waals surface area (Å²) in [6, 6.07) is 16.2. The highest BCUT2D eigenvalue weighted by atomic mass is 79.9. The fourth-order valence-corrected chi connectivity index (χ4v) is 4.51. The van der Waals surface area contributed by atoms with Crippen molar-refractivity contribution >= 4 is 43.5 Å². The molecule has 2 aliphatic rings. The number of carbonyl (C=O) groups excluding carboxylic acids is 1. The summed E-state index contributed by atoms with van der Waals surface area (Å²) in [6.07, 6.45) is 4.34. The minimum atomic E-state index is -0.619. The van der Waals surface area contributed by atoms with E-state index in [1.54, 1.807) is 4.90 Å². The van der Waals surface area contributed by atoms with Gasteiger partial charge in [-0.1, -0.05) is 62.2 Å². The first-order valence-corrected chi connectivity index (χ1v) is 13.3. The maximum atomic E-state index is 12.0. The summed E-state index contributed by atoms with van der Waals surface area (Å²) in [5.41, 5.74) is 2.48. The van der Waals surface area contributed by atoms with Crippen LogP contribution in [0.2, 0.25) is 0 Å². The molecular formula is C27H34Br2N2O3. The number of amides is 1. The van der Waals surface area contributed by atoms with Gasteiger partial charge in [0.2, 0.25) is 0 Å². The zero-order valence-corrected chi connectivity index (χ0v) is 23.3. The number of rotatable bonds is 2. The summed E-state index contributed by atoms with van der Waals surface area (Å²) in [7, 11) is 0. The molecule has 184 valence electrons. The molecule has 2 heterocycles. The molecule has 0 saturated carbocycles. The highest BCUT2D eigenvalue weighted by molar-refractivity contribution is 9.10. The number of halogens is 2. The lowest BCUT2D eigenvalue weighted by molar-refractivity contribution is 0.00591. The molecule has 0 bridgehead atoms. The number of nitrogens with zero attached hydrogens (tertiary/aromatic N) is 1. The normalized spacial score (nSPS) is 17.8. The van der Waals surface area contributed by atoms with Gasteiger partial charge in [-0.05, 0) is 94.1 Å². The number of nitrogens with one attached hydrogen (secondary N) is 1. The maximum absolute atomic E-state index is 12.0. The standard InChI is InChI=1S/C16H20BrNO2.C11H14BrNO/c1-16(2,3)20-15(19)18-10-8-13(9-11-18)12-4-6-14(17)7-5-12;12-10-3-1-9(2-4-10)11(14)5-7-13-8-6-11/h4-8H,9-11H2,1-3H3;1-4,13-14H,5-8H2. The molecule has 2 aromatic rings. The van der Waals surface area contributed by atoms with E-state index in [9.17, 15) is 9.90 Å². The van der Waals surface area contributed by atoms with E-state index >= 15 is 0 Å². The second-order valence-corrected chi connectivity index (χ2v) is 11.5. The fraction of sp³-hybridized carbons (Fsp3) is 0.444. The first-order valence-electron chi connectivity index (χ1n) is 11.7. The molecule has 4 rings (SSSR count). The van der Waals surface area contributed by atoms with Crippen molar-refractivity contribution in [2.24, 2.45) is 0 Å². The van der Waals surface area contributed by atoms with Gasteiger partial charge >= 0.3 is 6.09 Å². The highest BCUT2D eigenvalue weighted by Crippen LogP contribution is 2.31. The zero-order valence-electron chi connectivity index (χ0n) is 20.1. The van der Waals surface area contributed by atoms with Crippen LogP contribution in [0.3, 0.4) is 0 Å². The van der Waals surface area contributed by atoms with Crippen molar-refractivity contribution in [1.82, 2.24) is 10.2 Å². The van der Waals surface area contributed by atoms with Crippen LogP contribution in [0.5, 0.6) is 0 Å². The minimum Gasteiger partial charge on any atom is -0.444 e. The molecule has 0 spiro atoms. The maximum Gasteiger partial charge on any atom is 0.410 e. The van der Waals surface area contributed by atoms with E-state index in [1.807, 2.05) is 57.2 Å². The summed E-state index contributed by atoms with van der Waals surface area (Å²) in [5, 5.41) is 13.6. The van der Waals surface area contributed by atoms with Crippen LogP contribution in [-0.4, -0.2) is 47.9 Å². The number of ether oxygens (including phenoxy) is 1. The van der Waals surface area contributed by atoms with Crippen LogP contribution in [0, 0.1) is 0 Å². The van der Waals surface area contributed by atoms with Crippen molar-refractivity contribution in [2.45, 2.75) is 51.2 Å². The summed E-state index contributed by atoms with van der Waals surface area (Å²) in [6.45, 7) is 8.77. The molecule has 1 fully saturated rings. The minimum absolute atomic E-state index is 0.233. The summed E-state index contributed by atoms with van der Waals surface area (Å²) in [5.74, 6) is 0. The van der Waals surface area contributed by atoms with Gasteiger partial charge in [-0.15, -0.1) is 0 Å². The smallest absolute Gasteiger partial charge is 0.410 e. The van der Waals surface area contributed by atoms with Gasteiger partial charge in [0.25, 0.3) is 0 Å². The van der Waals surface area contributed by atoms with Gasteiger partial charge in [-0.25, -0.2) is 4.79 Å². The number of piperidine rings is 1. The van der Waals surface area contributed by atoms with Crippen LogP contribution < -0.4 is 5.32 Å². The Bertz CT molecular complexity index is 976. The van der Waals surface area contributed by atoms with E-state index in [4.69, 9.17) is 4.74 Å². The van der Waals surface area contributed by atoms with Gasteiger partial charge in [0.1, 0.15) is 5.60 Å². The lowest BCUT2D eigenvalue weighted by Crippen LogP contribution is -2.39. The van der Waals surface area contributed by atoms with Gasteiger partial charge in [0.05, 0.1) is 5.60 Å². The third-order valence-corrected chi connectivity index (χ3v) is 6.95. The molecule has 0 atom stereocenters. The predicted molar refractivity (Wildman–Crippen MR) is 145 cm³/mol. The number of hydrogen-bond donors (Lipinski definition) is 2. The van der Waals surface area contributed by atoms with E-state index in [-0.39, 0.29) is 6.09 Å². The van der Waals surface area contributed by atoms with Crippen LogP contribution in [-0.2, 0) is 10.3 Å². The molecular weight excluding hydrogens is 560 g/mol. The second-order valence-electron chi connectivity index (χ2n) is 9.70. The van der Waals surface area contributed by atoms with Crippen LogP contribution in [0.15, 0.2) is 63.6 Å². The molecule has 2 N–H and O–H groups in total. The molecule has 0 aromatic heterocycles. The summed E-state index contributed by atoms with van der Waals surface area (Å²) < 4.78 is 7.52. The summed E-state index contributed by atoms with van der Waals surface area (Å²) >= 11 is 6.83. The largest absolute Gasteiger partial charge is 0.444 e. The molecule has 34 heavy (non-hydrogen) atoms. The Balaban J connectivity index is 0.000000202. The zero-order chi connectivity index (χ0) is 24.8. The Morgan fingerprint density at radius 1 is 1.00 bits per heavy atom. The quantitative estimate of drug-likeness (QED) is 0.418. The molecule has 0 aliphatic carbocycles. The topological polar surface area (TPSA) is 61.8 Å². The molecule has 2 aromatic carbocycles. The van der Waals surface area contributed by atoms with Crippen LogP contribution in [0.4, 0.5) is 4.79 Å². The Kier molecular flexibility index (Phi) is 9.38. The first-order chi connectivity index (χ1) is 16.1. The molecule has 1 saturated heterocycles. The van der Waals surface area contributed by atoms with E-state index in [0.717, 1.165) is 46.9 Å². The van der Waals surface area contributed by atoms with E-state index < -0.39 is 11.2 Å². The van der Waals surface area contributed by atoms with E-state index in [2.05, 4.69) is 55.4 Å². The van der Waals surface area contributed by atoms with Gasteiger partial charge in [0.15, 0.2) is 0 Å². The fourth-order valence-electron chi connectivity index (χ4n) is 3.98. The van der Waals surface area contributed by atoms with Crippen LogP contribution >= 0.6 is 31.9 Å². The van der Waals surface area contributed by atoms with E-state index in [0.29, 0.717) is 13.1 Å². The lowest BCUT2D eigenvalue weighted by Gasteiger charge is -2.33. The predicted octanol–water partition coefficient (Wildman–Crippen LogP) is 6.49. The number of hydrogen-bond acceptors (Lipinski definition) is 4. The van der Waals surface area contributed by atoms with Gasteiger partial charge < -0.3 is 20.1 Å². The number of carbonyl (C=O) groups is 1. The Morgan fingerprint density at radius 3 is 2.06 bits per heavy atom. The number of benzene rings is 2. The van der Waals surface area contributed by atoms with Gasteiger partial charge in [-0.2, -0.15) is 0 Å². The Morgan fingerprint density at radius 2 is 1.56 bits per heavy atom. The van der Waals surface area contributed by atoms with Crippen molar-refractivity contribution in [3.63, 3.8) is 0 Å². The second kappa shape index (κ2) is 11.8. The van der Waals surface area contributed by atoms with Crippen molar-refractivity contribution in [1.29, 1.82) is 0 Å². The average Bonchev–Trinajstić information content (AvgIpc) is 2.80. The number of aliphatic hydroxyl groups is 1. The SMILES string of the molecule is CC(C)(C)OC(=O)N1CC=C(c2ccc(Br)cc2)CC1.OC1(c2ccc(Br)cc2)CCNCC1. The monoisotopic (exact) mass is 592 g/mol. The molecule has 2 aliphatic heterocycles. The Labute approximate surface area is 219 Å². The van der Waals surface area contributed by atoms with Crippen molar-refractivity contribution in [2.75, 3.05) is 26.2 Å². The Hall–Kier alpha value is -1.67. The van der Waals surface area contributed by atoms with Crippen molar-refractivity contribution in [3.05, 3.63) is 74.7 Å². The molecule has 7 heteroatoms. The van der Waals surface area contributed by atoms with Gasteiger partial charge in [0, 0.05) is 22.0 Å². The highest BCUT2D eigenvalue weighted by Gasteiger charge is 2.30. The molecule has 0 radical (unpaired) electrons. The van der Waals surface area contributed by atoms with Gasteiger partial charge in [-0.3, -0.25) is 0 Å². The third-order valence-electron chi connectivity index (χ3n) is 5.89. The summed E-state index contributed by atoms with van der Waals surface area (Å²) in [4.78, 5) is 13.7. The molecule has 0 unspecified atom stereocenters. The van der Waals surface area contributed by atoms with Crippen LogP contribution in [0.25, 0.3) is 5.57 Å². The first kappa shape index (κ1) is 26.9. The van der Waals surface area contributed by atoms with Crippen LogP contribution in [0.1, 0.15) is 51.2 Å². The van der Waals surface area contributed by atoms with E-state index in [1.165, 1.54) is 11.1 Å². The molecule has 5 nitrogen and oxygen atoms in total. The third kappa shape index (κ3) is 7.94. The average molecular weight is 594 g/mol.